The highest BCUT2D eigenvalue weighted by Gasteiger charge is 2.13. The van der Waals surface area contributed by atoms with Gasteiger partial charge in [0.1, 0.15) is 0 Å². The zero-order valence-electron chi connectivity index (χ0n) is 22.7. The van der Waals surface area contributed by atoms with E-state index < -0.39 is 0 Å². The number of nitrogens with zero attached hydrogens (tertiary/aromatic N) is 1. The second-order valence-corrected chi connectivity index (χ2v) is 10.3. The fourth-order valence-electron chi connectivity index (χ4n) is 5.53. The molecule has 0 radical (unpaired) electrons. The predicted octanol–water partition coefficient (Wildman–Crippen LogP) is 11.3. The molecule has 1 heteroatoms. The summed E-state index contributed by atoms with van der Waals surface area (Å²) < 4.78 is 0. The molecule has 0 amide bonds. The minimum Gasteiger partial charge on any atom is -0.310 e. The summed E-state index contributed by atoms with van der Waals surface area (Å²) in [5, 5.41) is 2.53. The normalized spacial score (nSPS) is 10.9. The zero-order valence-corrected chi connectivity index (χ0v) is 22.7. The number of para-hydroxylation sites is 1. The fraction of sp³-hybridized carbons (Fsp3) is 0. The third-order valence-electron chi connectivity index (χ3n) is 7.63. The van der Waals surface area contributed by atoms with Gasteiger partial charge in [0.2, 0.25) is 0 Å². The van der Waals surface area contributed by atoms with E-state index >= 15 is 0 Å². The molecule has 0 aliphatic heterocycles. The lowest BCUT2D eigenvalue weighted by atomic mass is 9.97. The number of hydrogen-bond donors (Lipinski definition) is 0. The Morgan fingerprint density at radius 3 is 1.46 bits per heavy atom. The van der Waals surface area contributed by atoms with Crippen molar-refractivity contribution >= 4 is 27.8 Å². The van der Waals surface area contributed by atoms with Gasteiger partial charge in [-0.3, -0.25) is 0 Å². The van der Waals surface area contributed by atoms with E-state index in [-0.39, 0.29) is 0 Å². The number of hydrogen-bond acceptors (Lipinski definition) is 1. The number of fused-ring (bicyclic) bond motifs is 1. The van der Waals surface area contributed by atoms with Gasteiger partial charge in [-0.1, -0.05) is 127 Å². The van der Waals surface area contributed by atoms with Gasteiger partial charge < -0.3 is 4.90 Å². The molecule has 0 unspecified atom stereocenters. The van der Waals surface area contributed by atoms with Gasteiger partial charge in [-0.25, -0.2) is 0 Å². The summed E-state index contributed by atoms with van der Waals surface area (Å²) >= 11 is 0. The molecule has 7 rings (SSSR count). The van der Waals surface area contributed by atoms with Gasteiger partial charge in [0.15, 0.2) is 0 Å². The molecule has 41 heavy (non-hydrogen) atoms. The molecular weight excluding hydrogens is 494 g/mol. The van der Waals surface area contributed by atoms with Crippen LogP contribution in [0, 0.1) is 0 Å². The average molecular weight is 524 g/mol. The molecule has 194 valence electrons. The van der Waals surface area contributed by atoms with Crippen LogP contribution in [-0.4, -0.2) is 0 Å². The van der Waals surface area contributed by atoms with Gasteiger partial charge in [0.25, 0.3) is 0 Å². The first kappa shape index (κ1) is 24.6. The van der Waals surface area contributed by atoms with E-state index in [0.717, 1.165) is 17.1 Å². The average Bonchev–Trinajstić information content (AvgIpc) is 3.06. The summed E-state index contributed by atoms with van der Waals surface area (Å²) in [6.45, 7) is 0. The van der Waals surface area contributed by atoms with Gasteiger partial charge >= 0.3 is 0 Å². The van der Waals surface area contributed by atoms with Crippen LogP contribution in [0.25, 0.3) is 44.2 Å². The summed E-state index contributed by atoms with van der Waals surface area (Å²) in [6, 6.07) is 62.8. The maximum absolute atomic E-state index is 2.32. The van der Waals surface area contributed by atoms with Crippen LogP contribution in [0.5, 0.6) is 0 Å². The standard InChI is InChI=1S/C40H29N/c1-3-11-30(12-4-1)36-17-10-20-40(29-36)41(38-18-5-2-6-19-38)39-25-23-32(24-26-39)34-15-9-16-35(27-34)37-22-21-31-13-7-8-14-33(31)28-37/h1-29H. The van der Waals surface area contributed by atoms with Crippen LogP contribution >= 0.6 is 0 Å². The molecule has 0 aliphatic rings. The Morgan fingerprint density at radius 2 is 0.707 bits per heavy atom. The van der Waals surface area contributed by atoms with Crippen LogP contribution in [-0.2, 0) is 0 Å². The molecule has 0 atom stereocenters. The van der Waals surface area contributed by atoms with Crippen molar-refractivity contribution in [2.24, 2.45) is 0 Å². The van der Waals surface area contributed by atoms with Gasteiger partial charge in [0, 0.05) is 17.1 Å². The predicted molar refractivity (Wildman–Crippen MR) is 175 cm³/mol. The Balaban J connectivity index is 1.24. The summed E-state index contributed by atoms with van der Waals surface area (Å²) in [7, 11) is 0. The summed E-state index contributed by atoms with van der Waals surface area (Å²) in [5.74, 6) is 0. The quantitative estimate of drug-likeness (QED) is 0.209. The summed E-state index contributed by atoms with van der Waals surface area (Å²) in [5.41, 5.74) is 10.7. The molecule has 0 heterocycles. The van der Waals surface area contributed by atoms with Crippen molar-refractivity contribution in [2.45, 2.75) is 0 Å². The van der Waals surface area contributed by atoms with E-state index in [4.69, 9.17) is 0 Å². The van der Waals surface area contributed by atoms with E-state index in [2.05, 4.69) is 181 Å². The molecular formula is C40H29N. The van der Waals surface area contributed by atoms with Crippen molar-refractivity contribution in [2.75, 3.05) is 4.90 Å². The number of rotatable bonds is 6. The highest BCUT2D eigenvalue weighted by atomic mass is 15.1. The Hall–Kier alpha value is -5.40. The second kappa shape index (κ2) is 11.0. The monoisotopic (exact) mass is 523 g/mol. The van der Waals surface area contributed by atoms with Crippen molar-refractivity contribution in [1.29, 1.82) is 0 Å². The van der Waals surface area contributed by atoms with Crippen LogP contribution < -0.4 is 4.90 Å². The molecule has 0 fully saturated rings. The first-order valence-electron chi connectivity index (χ1n) is 14.0. The van der Waals surface area contributed by atoms with Crippen molar-refractivity contribution in [3.05, 3.63) is 176 Å². The molecule has 0 aromatic heterocycles. The van der Waals surface area contributed by atoms with Crippen molar-refractivity contribution in [3.63, 3.8) is 0 Å². The number of benzene rings is 7. The maximum atomic E-state index is 2.32. The van der Waals surface area contributed by atoms with Gasteiger partial charge in [-0.15, -0.1) is 0 Å². The molecule has 0 saturated carbocycles. The first-order valence-corrected chi connectivity index (χ1v) is 14.0. The van der Waals surface area contributed by atoms with Crippen LogP contribution in [0.4, 0.5) is 17.1 Å². The lowest BCUT2D eigenvalue weighted by Crippen LogP contribution is -2.09. The molecule has 7 aromatic carbocycles. The van der Waals surface area contributed by atoms with E-state index in [1.807, 2.05) is 0 Å². The highest BCUT2D eigenvalue weighted by molar-refractivity contribution is 5.88. The zero-order chi connectivity index (χ0) is 27.4. The second-order valence-electron chi connectivity index (χ2n) is 10.3. The smallest absolute Gasteiger partial charge is 0.0467 e. The van der Waals surface area contributed by atoms with Gasteiger partial charge in [0.05, 0.1) is 0 Å². The van der Waals surface area contributed by atoms with Crippen LogP contribution in [0.1, 0.15) is 0 Å². The molecule has 1 nitrogen and oxygen atoms in total. The lowest BCUT2D eigenvalue weighted by molar-refractivity contribution is 1.28. The maximum Gasteiger partial charge on any atom is 0.0467 e. The van der Waals surface area contributed by atoms with E-state index in [1.54, 1.807) is 0 Å². The Kier molecular flexibility index (Phi) is 6.61. The molecule has 0 aliphatic carbocycles. The van der Waals surface area contributed by atoms with Gasteiger partial charge in [-0.05, 0) is 92.7 Å². The van der Waals surface area contributed by atoms with E-state index in [9.17, 15) is 0 Å². The van der Waals surface area contributed by atoms with Crippen molar-refractivity contribution < 1.29 is 0 Å². The third-order valence-corrected chi connectivity index (χ3v) is 7.63. The van der Waals surface area contributed by atoms with E-state index in [1.165, 1.54) is 44.2 Å². The Morgan fingerprint density at radius 1 is 0.244 bits per heavy atom. The first-order chi connectivity index (χ1) is 20.3. The number of anilines is 3. The summed E-state index contributed by atoms with van der Waals surface area (Å²) in [6.07, 6.45) is 0. The van der Waals surface area contributed by atoms with Crippen molar-refractivity contribution in [1.82, 2.24) is 0 Å². The third kappa shape index (κ3) is 5.14. The van der Waals surface area contributed by atoms with E-state index in [0.29, 0.717) is 0 Å². The lowest BCUT2D eigenvalue weighted by Gasteiger charge is -2.26. The molecule has 0 spiro atoms. The Bertz CT molecular complexity index is 1920. The van der Waals surface area contributed by atoms with Gasteiger partial charge in [-0.2, -0.15) is 0 Å². The largest absolute Gasteiger partial charge is 0.310 e. The minimum atomic E-state index is 1.12. The minimum absolute atomic E-state index is 1.12. The SMILES string of the molecule is c1ccc(-c2cccc(N(c3ccccc3)c3ccc(-c4cccc(-c5ccc6ccccc6c5)c4)cc3)c2)cc1. The van der Waals surface area contributed by atoms with Crippen LogP contribution in [0.15, 0.2) is 176 Å². The molecule has 0 N–H and O–H groups in total. The Labute approximate surface area is 241 Å². The molecule has 0 saturated heterocycles. The van der Waals surface area contributed by atoms with Crippen LogP contribution in [0.3, 0.4) is 0 Å². The summed E-state index contributed by atoms with van der Waals surface area (Å²) in [4.78, 5) is 2.32. The van der Waals surface area contributed by atoms with Crippen LogP contribution in [0.2, 0.25) is 0 Å². The van der Waals surface area contributed by atoms with Crippen molar-refractivity contribution in [3.8, 4) is 33.4 Å². The molecule has 0 bridgehead atoms. The fourth-order valence-corrected chi connectivity index (χ4v) is 5.53. The highest BCUT2D eigenvalue weighted by Crippen LogP contribution is 2.37. The topological polar surface area (TPSA) is 3.24 Å². The molecule has 7 aromatic rings.